The smallest absolute Gasteiger partial charge is 0.326 e. The van der Waals surface area contributed by atoms with Crippen molar-refractivity contribution in [3.63, 3.8) is 0 Å². The number of hydrogen-bond donors (Lipinski definition) is 6. The van der Waals surface area contributed by atoms with Gasteiger partial charge >= 0.3 is 11.9 Å². The monoisotopic (exact) mass is 401 g/mol. The second-order valence-electron chi connectivity index (χ2n) is 5.73. The number of amides is 2. The highest BCUT2D eigenvalue weighted by atomic mass is 32.2. The van der Waals surface area contributed by atoms with Gasteiger partial charge in [0.25, 0.3) is 0 Å². The van der Waals surface area contributed by atoms with Gasteiger partial charge in [-0.2, -0.15) is 11.8 Å². The summed E-state index contributed by atoms with van der Waals surface area (Å²) in [5.74, 6) is -3.71. The first-order valence-electron chi connectivity index (χ1n) is 8.01. The third-order valence-electron chi connectivity index (χ3n) is 3.57. The number of carboxylic acid groups (broad SMARTS) is 2. The number of aliphatic carboxylic acids is 2. The SMILES string of the molecule is CSCCC(NC(=O)C(CC(=O)O)NC(=O)C(N)Cc1cnc[nH]1)C(=O)O. The topological polar surface area (TPSA) is 187 Å². The van der Waals surface area contributed by atoms with Gasteiger partial charge in [0.05, 0.1) is 18.8 Å². The second kappa shape index (κ2) is 11.2. The summed E-state index contributed by atoms with van der Waals surface area (Å²) in [6.07, 6.45) is 4.26. The summed E-state index contributed by atoms with van der Waals surface area (Å²) in [5.41, 5.74) is 6.36. The number of hydrogen-bond acceptors (Lipinski definition) is 7. The van der Waals surface area contributed by atoms with Gasteiger partial charge in [-0.25, -0.2) is 9.78 Å². The highest BCUT2D eigenvalue weighted by molar-refractivity contribution is 7.98. The minimum absolute atomic E-state index is 0.110. The van der Waals surface area contributed by atoms with Crippen LogP contribution in [-0.4, -0.2) is 74.1 Å². The molecule has 0 aliphatic carbocycles. The Morgan fingerprint density at radius 1 is 1.22 bits per heavy atom. The van der Waals surface area contributed by atoms with Gasteiger partial charge < -0.3 is 31.6 Å². The molecule has 7 N–H and O–H groups in total. The van der Waals surface area contributed by atoms with Crippen LogP contribution < -0.4 is 16.4 Å². The summed E-state index contributed by atoms with van der Waals surface area (Å²) >= 11 is 1.41. The van der Waals surface area contributed by atoms with Crippen LogP contribution in [0.15, 0.2) is 12.5 Å². The number of imidazole rings is 1. The fraction of sp³-hybridized carbons (Fsp3) is 0.533. The number of H-pyrrole nitrogens is 1. The summed E-state index contributed by atoms with van der Waals surface area (Å²) in [5, 5.41) is 22.7. The standard InChI is InChI=1S/C15H23N5O6S/c1-27-3-2-10(15(25)26)19-14(24)11(5-12(21)22)20-13(23)9(16)4-8-6-17-7-18-8/h6-7,9-11H,2-5,16H2,1H3,(H,17,18)(H,19,24)(H,20,23)(H,21,22)(H,25,26). The van der Waals surface area contributed by atoms with E-state index in [4.69, 9.17) is 15.9 Å². The maximum atomic E-state index is 12.3. The van der Waals surface area contributed by atoms with E-state index >= 15 is 0 Å². The molecule has 0 saturated carbocycles. The Hall–Kier alpha value is -2.60. The summed E-state index contributed by atoms with van der Waals surface area (Å²) in [7, 11) is 0. The minimum Gasteiger partial charge on any atom is -0.481 e. The molecular formula is C15H23N5O6S. The zero-order valence-corrected chi connectivity index (χ0v) is 15.5. The molecule has 1 rings (SSSR count). The molecule has 11 nitrogen and oxygen atoms in total. The van der Waals surface area contributed by atoms with Gasteiger partial charge in [-0.15, -0.1) is 0 Å². The molecule has 0 radical (unpaired) electrons. The summed E-state index contributed by atoms with van der Waals surface area (Å²) in [6, 6.07) is -3.67. The van der Waals surface area contributed by atoms with Crippen molar-refractivity contribution in [3.05, 3.63) is 18.2 Å². The lowest BCUT2D eigenvalue weighted by atomic mass is 10.1. The Bertz CT molecular complexity index is 653. The van der Waals surface area contributed by atoms with Crippen molar-refractivity contribution in [1.82, 2.24) is 20.6 Å². The van der Waals surface area contributed by atoms with Gasteiger partial charge in [-0.05, 0) is 18.4 Å². The summed E-state index contributed by atoms with van der Waals surface area (Å²) in [4.78, 5) is 53.3. The van der Waals surface area contributed by atoms with Crippen LogP contribution >= 0.6 is 11.8 Å². The van der Waals surface area contributed by atoms with E-state index < -0.39 is 48.3 Å². The molecule has 0 aromatic carbocycles. The number of carbonyl (C=O) groups is 4. The lowest BCUT2D eigenvalue weighted by molar-refractivity contribution is -0.143. The normalized spacial score (nSPS) is 14.0. The van der Waals surface area contributed by atoms with Gasteiger partial charge in [0.2, 0.25) is 11.8 Å². The van der Waals surface area contributed by atoms with E-state index in [1.165, 1.54) is 24.3 Å². The molecule has 2 amide bonds. The van der Waals surface area contributed by atoms with Crippen molar-refractivity contribution in [2.45, 2.75) is 37.4 Å². The van der Waals surface area contributed by atoms with Crippen LogP contribution in [0.4, 0.5) is 0 Å². The molecule has 27 heavy (non-hydrogen) atoms. The van der Waals surface area contributed by atoms with Gasteiger partial charge in [0.15, 0.2) is 0 Å². The molecule has 12 heteroatoms. The molecule has 0 fully saturated rings. The Labute approximate surface area is 159 Å². The molecule has 0 aliphatic rings. The van der Waals surface area contributed by atoms with Gasteiger partial charge in [-0.1, -0.05) is 0 Å². The molecule has 0 aliphatic heterocycles. The van der Waals surface area contributed by atoms with Crippen LogP contribution in [0.25, 0.3) is 0 Å². The maximum absolute atomic E-state index is 12.3. The van der Waals surface area contributed by atoms with Crippen LogP contribution in [0.2, 0.25) is 0 Å². The van der Waals surface area contributed by atoms with E-state index in [2.05, 4.69) is 20.6 Å². The van der Waals surface area contributed by atoms with Crippen molar-refractivity contribution in [1.29, 1.82) is 0 Å². The van der Waals surface area contributed by atoms with Crippen molar-refractivity contribution >= 4 is 35.5 Å². The zero-order valence-electron chi connectivity index (χ0n) is 14.7. The predicted octanol–water partition coefficient (Wildman–Crippen LogP) is -1.44. The molecule has 3 atom stereocenters. The highest BCUT2D eigenvalue weighted by Crippen LogP contribution is 2.04. The molecule has 1 aromatic rings. The Balaban J connectivity index is 2.74. The van der Waals surface area contributed by atoms with Crippen molar-refractivity contribution in [2.75, 3.05) is 12.0 Å². The first-order chi connectivity index (χ1) is 12.7. The van der Waals surface area contributed by atoms with E-state index in [0.717, 1.165) is 0 Å². The Morgan fingerprint density at radius 3 is 2.41 bits per heavy atom. The molecule has 0 saturated heterocycles. The van der Waals surface area contributed by atoms with E-state index in [1.807, 2.05) is 0 Å². The predicted molar refractivity (Wildman–Crippen MR) is 97.0 cm³/mol. The molecular weight excluding hydrogens is 378 g/mol. The van der Waals surface area contributed by atoms with Crippen molar-refractivity contribution < 1.29 is 29.4 Å². The number of nitrogens with two attached hydrogens (primary N) is 1. The van der Waals surface area contributed by atoms with Crippen LogP contribution in [0.3, 0.4) is 0 Å². The Morgan fingerprint density at radius 2 is 1.89 bits per heavy atom. The quantitative estimate of drug-likeness (QED) is 0.244. The largest absolute Gasteiger partial charge is 0.481 e. The zero-order chi connectivity index (χ0) is 20.4. The number of carboxylic acids is 2. The molecule has 1 aromatic heterocycles. The van der Waals surface area contributed by atoms with Crippen molar-refractivity contribution in [3.8, 4) is 0 Å². The summed E-state index contributed by atoms with van der Waals surface area (Å²) < 4.78 is 0. The lowest BCUT2D eigenvalue weighted by Gasteiger charge is -2.21. The molecule has 0 spiro atoms. The minimum atomic E-state index is -1.45. The van der Waals surface area contributed by atoms with E-state index in [9.17, 15) is 19.2 Å². The molecule has 0 bridgehead atoms. The van der Waals surface area contributed by atoms with Crippen LogP contribution in [0.1, 0.15) is 18.5 Å². The molecule has 3 unspecified atom stereocenters. The maximum Gasteiger partial charge on any atom is 0.326 e. The fourth-order valence-corrected chi connectivity index (χ4v) is 2.63. The van der Waals surface area contributed by atoms with E-state index in [1.54, 1.807) is 6.26 Å². The number of nitrogens with one attached hydrogen (secondary N) is 3. The number of rotatable bonds is 12. The van der Waals surface area contributed by atoms with Crippen LogP contribution in [-0.2, 0) is 25.6 Å². The van der Waals surface area contributed by atoms with E-state index in [0.29, 0.717) is 11.4 Å². The summed E-state index contributed by atoms with van der Waals surface area (Å²) in [6.45, 7) is 0. The van der Waals surface area contributed by atoms with Crippen LogP contribution in [0.5, 0.6) is 0 Å². The third-order valence-corrected chi connectivity index (χ3v) is 4.21. The molecule has 150 valence electrons. The fourth-order valence-electron chi connectivity index (χ4n) is 2.15. The average Bonchev–Trinajstić information content (AvgIpc) is 3.09. The van der Waals surface area contributed by atoms with Gasteiger partial charge in [-0.3, -0.25) is 14.4 Å². The molecule has 1 heterocycles. The first kappa shape index (κ1) is 22.4. The number of aromatic amines is 1. The second-order valence-corrected chi connectivity index (χ2v) is 6.71. The number of thioether (sulfide) groups is 1. The Kier molecular flexibility index (Phi) is 9.30. The van der Waals surface area contributed by atoms with Gasteiger partial charge in [0, 0.05) is 18.3 Å². The van der Waals surface area contributed by atoms with Crippen molar-refractivity contribution in [2.24, 2.45) is 5.73 Å². The van der Waals surface area contributed by atoms with Crippen LogP contribution in [0, 0.1) is 0 Å². The number of nitrogens with zero attached hydrogens (tertiary/aromatic N) is 1. The number of aromatic nitrogens is 2. The van der Waals surface area contributed by atoms with Gasteiger partial charge in [0.1, 0.15) is 12.1 Å². The highest BCUT2D eigenvalue weighted by Gasteiger charge is 2.29. The number of carbonyl (C=O) groups excluding carboxylic acids is 2. The lowest BCUT2D eigenvalue weighted by Crippen LogP contribution is -2.55. The third kappa shape index (κ3) is 8.09. The average molecular weight is 401 g/mol. The first-order valence-corrected chi connectivity index (χ1v) is 9.41. The van der Waals surface area contributed by atoms with E-state index in [-0.39, 0.29) is 12.8 Å².